The van der Waals surface area contributed by atoms with E-state index in [1.165, 1.54) is 10.9 Å². The Kier molecular flexibility index (Phi) is 5.76. The van der Waals surface area contributed by atoms with E-state index >= 15 is 0 Å². The number of benzene rings is 1. The Hall–Kier alpha value is -3.39. The second kappa shape index (κ2) is 8.86. The zero-order valence-corrected chi connectivity index (χ0v) is 19.7. The van der Waals surface area contributed by atoms with Gasteiger partial charge >= 0.3 is 0 Å². The molecule has 8 heteroatoms. The van der Waals surface area contributed by atoms with Crippen LogP contribution in [-0.2, 0) is 0 Å². The van der Waals surface area contributed by atoms with Gasteiger partial charge in [-0.2, -0.15) is 0 Å². The number of aromatic nitrogens is 4. The molecule has 1 aromatic carbocycles. The Bertz CT molecular complexity index is 1290. The van der Waals surface area contributed by atoms with Crippen molar-refractivity contribution < 1.29 is 4.74 Å². The minimum Gasteiger partial charge on any atom is -0.492 e. The van der Waals surface area contributed by atoms with Gasteiger partial charge in [-0.15, -0.1) is 0 Å². The largest absolute Gasteiger partial charge is 0.492 e. The van der Waals surface area contributed by atoms with Gasteiger partial charge < -0.3 is 24.8 Å². The number of nitrogens with one attached hydrogen (secondary N) is 2. The molecular weight excluding hydrogens is 414 g/mol. The van der Waals surface area contributed by atoms with E-state index in [2.05, 4.69) is 69.2 Å². The van der Waals surface area contributed by atoms with Crippen molar-refractivity contribution in [1.29, 1.82) is 0 Å². The van der Waals surface area contributed by atoms with Gasteiger partial charge in [0.05, 0.1) is 24.0 Å². The molecule has 33 heavy (non-hydrogen) atoms. The van der Waals surface area contributed by atoms with Crippen LogP contribution in [0.15, 0.2) is 36.8 Å². The highest BCUT2D eigenvalue weighted by molar-refractivity contribution is 6.05. The molecule has 3 aromatic heterocycles. The molecule has 0 unspecified atom stereocenters. The van der Waals surface area contributed by atoms with Crippen molar-refractivity contribution in [3.05, 3.63) is 42.4 Å². The molecule has 0 saturated carbocycles. The van der Waals surface area contributed by atoms with Gasteiger partial charge in [-0.25, -0.2) is 15.0 Å². The number of hydrogen-bond acceptors (Lipinski definition) is 7. The number of piperazine rings is 1. The van der Waals surface area contributed by atoms with E-state index in [1.807, 2.05) is 25.4 Å². The number of anilines is 3. The molecule has 0 bridgehead atoms. The summed E-state index contributed by atoms with van der Waals surface area (Å²) < 4.78 is 8.22. The molecule has 0 aliphatic carbocycles. The number of nitrogens with zero attached hydrogens (tertiary/aromatic N) is 5. The van der Waals surface area contributed by atoms with E-state index in [0.29, 0.717) is 24.4 Å². The van der Waals surface area contributed by atoms with Crippen LogP contribution in [0.25, 0.3) is 21.8 Å². The van der Waals surface area contributed by atoms with Crippen molar-refractivity contribution in [1.82, 2.24) is 24.8 Å². The zero-order chi connectivity index (χ0) is 22.9. The third kappa shape index (κ3) is 4.06. The number of aryl methyl sites for hydroxylation is 1. The molecule has 1 saturated heterocycles. The average molecular weight is 446 g/mol. The number of ether oxygens (including phenoxy) is 1. The second-order valence-electron chi connectivity index (χ2n) is 8.74. The van der Waals surface area contributed by atoms with Gasteiger partial charge in [-0.05, 0) is 45.4 Å². The molecule has 172 valence electrons. The number of rotatable bonds is 6. The Morgan fingerprint density at radius 2 is 1.97 bits per heavy atom. The summed E-state index contributed by atoms with van der Waals surface area (Å²) in [6, 6.07) is 6.64. The van der Waals surface area contributed by atoms with Crippen molar-refractivity contribution in [3.63, 3.8) is 0 Å². The third-order valence-electron chi connectivity index (χ3n) is 6.16. The van der Waals surface area contributed by atoms with Crippen LogP contribution in [0.4, 0.5) is 17.5 Å². The summed E-state index contributed by atoms with van der Waals surface area (Å²) in [4.78, 5) is 16.5. The summed E-state index contributed by atoms with van der Waals surface area (Å²) in [6.45, 7) is 12.9. The maximum absolute atomic E-state index is 5.96. The van der Waals surface area contributed by atoms with Crippen molar-refractivity contribution in [3.8, 4) is 5.75 Å². The van der Waals surface area contributed by atoms with Crippen LogP contribution in [-0.4, -0.2) is 52.3 Å². The van der Waals surface area contributed by atoms with E-state index < -0.39 is 0 Å². The Morgan fingerprint density at radius 1 is 1.15 bits per heavy atom. The fourth-order valence-corrected chi connectivity index (χ4v) is 4.52. The van der Waals surface area contributed by atoms with E-state index in [1.54, 1.807) is 0 Å². The lowest BCUT2D eigenvalue weighted by atomic mass is 10.1. The van der Waals surface area contributed by atoms with Gasteiger partial charge in [-0.3, -0.25) is 0 Å². The summed E-state index contributed by atoms with van der Waals surface area (Å²) in [5, 5.41) is 8.93. The van der Waals surface area contributed by atoms with Crippen molar-refractivity contribution in [2.75, 3.05) is 43.0 Å². The highest BCUT2D eigenvalue weighted by atomic mass is 16.5. The Balaban J connectivity index is 1.53. The molecule has 0 spiro atoms. The molecule has 5 rings (SSSR count). The monoisotopic (exact) mass is 445 g/mol. The van der Waals surface area contributed by atoms with Crippen LogP contribution in [0.3, 0.4) is 0 Å². The Morgan fingerprint density at radius 3 is 2.73 bits per heavy atom. The van der Waals surface area contributed by atoms with Crippen molar-refractivity contribution in [2.45, 2.75) is 33.7 Å². The van der Waals surface area contributed by atoms with Crippen molar-refractivity contribution >= 4 is 39.3 Å². The van der Waals surface area contributed by atoms with E-state index in [4.69, 9.17) is 9.72 Å². The van der Waals surface area contributed by atoms with Gasteiger partial charge in [0.2, 0.25) is 5.95 Å². The molecule has 1 aliphatic heterocycles. The number of fused-ring (bicyclic) bond motifs is 3. The van der Waals surface area contributed by atoms with Gasteiger partial charge in [0, 0.05) is 61.5 Å². The van der Waals surface area contributed by atoms with Crippen LogP contribution < -0.4 is 20.3 Å². The standard InChI is InChI=1S/C25H31N7O/c1-5-33-21-13-22(27-15-20(21)31-10-7-26-8-11-31)29-25-28-14-19-17(4)12-18-6-9-32(16(2)3)24(18)23(19)30-25/h6,9,12-16,26H,5,7-8,10-11H2,1-4H3,(H,27,28,29,30). The smallest absolute Gasteiger partial charge is 0.228 e. The SMILES string of the molecule is CCOc1cc(Nc2ncc3c(C)cc4ccn(C(C)C)c4c3n2)ncc1N1CCNCC1. The quantitative estimate of drug-likeness (QED) is 0.455. The Labute approximate surface area is 194 Å². The van der Waals surface area contributed by atoms with Crippen LogP contribution in [0.2, 0.25) is 0 Å². The molecule has 1 aliphatic rings. The topological polar surface area (TPSA) is 80.1 Å². The molecule has 0 amide bonds. The van der Waals surface area contributed by atoms with Crippen LogP contribution in [0.1, 0.15) is 32.4 Å². The lowest BCUT2D eigenvalue weighted by molar-refractivity contribution is 0.339. The molecular formula is C25H31N7O. The highest BCUT2D eigenvalue weighted by Gasteiger charge is 2.17. The molecule has 8 nitrogen and oxygen atoms in total. The van der Waals surface area contributed by atoms with E-state index in [0.717, 1.165) is 54.0 Å². The lowest BCUT2D eigenvalue weighted by Gasteiger charge is -2.30. The molecule has 0 radical (unpaired) electrons. The summed E-state index contributed by atoms with van der Waals surface area (Å²) >= 11 is 0. The second-order valence-corrected chi connectivity index (χ2v) is 8.74. The zero-order valence-electron chi connectivity index (χ0n) is 19.7. The first-order chi connectivity index (χ1) is 16.0. The van der Waals surface area contributed by atoms with Gasteiger partial charge in [0.15, 0.2) is 0 Å². The molecule has 0 atom stereocenters. The molecule has 1 fully saturated rings. The van der Waals surface area contributed by atoms with Gasteiger partial charge in [0.1, 0.15) is 17.1 Å². The summed E-state index contributed by atoms with van der Waals surface area (Å²) in [7, 11) is 0. The number of pyridine rings is 1. The maximum Gasteiger partial charge on any atom is 0.228 e. The normalized spacial score (nSPS) is 14.4. The van der Waals surface area contributed by atoms with Crippen LogP contribution >= 0.6 is 0 Å². The maximum atomic E-state index is 5.96. The molecule has 2 N–H and O–H groups in total. The highest BCUT2D eigenvalue weighted by Crippen LogP contribution is 2.33. The van der Waals surface area contributed by atoms with Crippen molar-refractivity contribution in [2.24, 2.45) is 0 Å². The predicted octanol–water partition coefficient (Wildman–Crippen LogP) is 4.42. The number of hydrogen-bond donors (Lipinski definition) is 2. The van der Waals surface area contributed by atoms with Crippen LogP contribution in [0.5, 0.6) is 5.75 Å². The van der Waals surface area contributed by atoms with E-state index in [9.17, 15) is 0 Å². The third-order valence-corrected chi connectivity index (χ3v) is 6.16. The summed E-state index contributed by atoms with van der Waals surface area (Å²) in [6.07, 6.45) is 5.91. The minimum absolute atomic E-state index is 0.340. The first-order valence-electron chi connectivity index (χ1n) is 11.7. The van der Waals surface area contributed by atoms with Gasteiger partial charge in [-0.1, -0.05) is 0 Å². The predicted molar refractivity (Wildman–Crippen MR) is 134 cm³/mol. The first kappa shape index (κ1) is 21.5. The average Bonchev–Trinajstić information content (AvgIpc) is 3.24. The molecule has 4 heterocycles. The van der Waals surface area contributed by atoms with Gasteiger partial charge in [0.25, 0.3) is 0 Å². The fourth-order valence-electron chi connectivity index (χ4n) is 4.52. The lowest BCUT2D eigenvalue weighted by Crippen LogP contribution is -2.43. The fraction of sp³-hybridized carbons (Fsp3) is 0.400. The molecule has 4 aromatic rings. The van der Waals surface area contributed by atoms with Crippen LogP contribution in [0, 0.1) is 6.92 Å². The van der Waals surface area contributed by atoms with E-state index in [-0.39, 0.29) is 0 Å². The first-order valence-corrected chi connectivity index (χ1v) is 11.7. The summed E-state index contributed by atoms with van der Waals surface area (Å²) in [5.41, 5.74) is 4.27. The summed E-state index contributed by atoms with van der Waals surface area (Å²) in [5.74, 6) is 2.01. The minimum atomic E-state index is 0.340.